The highest BCUT2D eigenvalue weighted by Gasteiger charge is 2.04. The van der Waals surface area contributed by atoms with Crippen molar-refractivity contribution in [1.29, 1.82) is 0 Å². The lowest BCUT2D eigenvalue weighted by Gasteiger charge is -1.95. The van der Waals surface area contributed by atoms with Gasteiger partial charge in [-0.1, -0.05) is 0 Å². The second kappa shape index (κ2) is 4.22. The van der Waals surface area contributed by atoms with Crippen molar-refractivity contribution in [1.82, 2.24) is 0 Å². The molecule has 0 heterocycles. The van der Waals surface area contributed by atoms with E-state index in [2.05, 4.69) is 4.84 Å². The van der Waals surface area contributed by atoms with E-state index < -0.39 is 4.92 Å². The van der Waals surface area contributed by atoms with Crippen LogP contribution in [-0.4, -0.2) is 23.1 Å². The Morgan fingerprint density at radius 1 is 1.29 bits per heavy atom. The molecule has 0 radical (unpaired) electrons. The predicted octanol–water partition coefficient (Wildman–Crippen LogP) is 1.09. The standard InChI is InChI=1S/C8H8N2O4/c1-14-9(11)6-7-2-4-8(5-3-7)10(12)13/h2-6H,1H3/b9-6+. The van der Waals surface area contributed by atoms with Crippen molar-refractivity contribution in [2.24, 2.45) is 0 Å². The van der Waals surface area contributed by atoms with Crippen molar-refractivity contribution >= 4 is 11.9 Å². The number of nitro groups is 1. The zero-order valence-electron chi connectivity index (χ0n) is 7.41. The molecule has 0 bridgehead atoms. The van der Waals surface area contributed by atoms with E-state index in [1.807, 2.05) is 0 Å². The van der Waals surface area contributed by atoms with Crippen LogP contribution in [0, 0.1) is 15.3 Å². The molecule has 1 aromatic rings. The molecule has 0 spiro atoms. The summed E-state index contributed by atoms with van der Waals surface area (Å²) in [6.45, 7) is 0. The first-order chi connectivity index (χ1) is 6.63. The van der Waals surface area contributed by atoms with Gasteiger partial charge in [-0.25, -0.2) is 0 Å². The molecule has 0 N–H and O–H groups in total. The Labute approximate surface area is 79.7 Å². The monoisotopic (exact) mass is 196 g/mol. The average Bonchev–Trinajstić information content (AvgIpc) is 2.18. The van der Waals surface area contributed by atoms with Gasteiger partial charge in [0.2, 0.25) is 6.21 Å². The fraction of sp³-hybridized carbons (Fsp3) is 0.125. The Morgan fingerprint density at radius 2 is 1.86 bits per heavy atom. The summed E-state index contributed by atoms with van der Waals surface area (Å²) in [5.41, 5.74) is 0.518. The van der Waals surface area contributed by atoms with E-state index >= 15 is 0 Å². The predicted molar refractivity (Wildman–Crippen MR) is 48.9 cm³/mol. The zero-order chi connectivity index (χ0) is 10.6. The van der Waals surface area contributed by atoms with Gasteiger partial charge in [-0.3, -0.25) is 15.3 Å². The SMILES string of the molecule is CO/[N+]([O-])=C/c1ccc([N+](=O)[O-])cc1. The summed E-state index contributed by atoms with van der Waals surface area (Å²) in [5, 5.41) is 21.0. The number of hydrogen-bond donors (Lipinski definition) is 0. The van der Waals surface area contributed by atoms with E-state index in [1.54, 1.807) is 0 Å². The van der Waals surface area contributed by atoms with Crippen LogP contribution in [0.3, 0.4) is 0 Å². The first kappa shape index (κ1) is 9.97. The first-order valence-electron chi connectivity index (χ1n) is 3.73. The summed E-state index contributed by atoms with van der Waals surface area (Å²) >= 11 is 0. The Balaban J connectivity index is 2.89. The number of hydrogen-bond acceptors (Lipinski definition) is 4. The summed E-state index contributed by atoms with van der Waals surface area (Å²) in [6.07, 6.45) is 1.17. The highest BCUT2D eigenvalue weighted by atomic mass is 16.8. The van der Waals surface area contributed by atoms with Gasteiger partial charge in [-0.15, -0.1) is 0 Å². The fourth-order valence-electron chi connectivity index (χ4n) is 0.857. The van der Waals surface area contributed by atoms with Gasteiger partial charge in [0.05, 0.1) is 4.92 Å². The maximum Gasteiger partial charge on any atom is 0.269 e. The molecule has 0 amide bonds. The van der Waals surface area contributed by atoms with Gasteiger partial charge in [-0.2, -0.15) is 0 Å². The summed E-state index contributed by atoms with van der Waals surface area (Å²) in [7, 11) is 1.23. The van der Waals surface area contributed by atoms with Crippen molar-refractivity contribution < 1.29 is 14.7 Å². The van der Waals surface area contributed by atoms with Gasteiger partial charge < -0.3 is 4.84 Å². The highest BCUT2D eigenvalue weighted by molar-refractivity contribution is 5.75. The minimum Gasteiger partial charge on any atom is -0.407 e. The van der Waals surface area contributed by atoms with Crippen LogP contribution in [0.25, 0.3) is 0 Å². The Bertz CT molecular complexity index is 358. The average molecular weight is 196 g/mol. The van der Waals surface area contributed by atoms with Crippen molar-refractivity contribution in [3.63, 3.8) is 0 Å². The lowest BCUT2D eigenvalue weighted by Crippen LogP contribution is -2.03. The lowest BCUT2D eigenvalue weighted by molar-refractivity contribution is -0.729. The lowest BCUT2D eigenvalue weighted by atomic mass is 10.2. The molecule has 0 atom stereocenters. The van der Waals surface area contributed by atoms with E-state index in [1.165, 1.54) is 37.6 Å². The molecule has 6 nitrogen and oxygen atoms in total. The molecule has 0 aliphatic rings. The van der Waals surface area contributed by atoms with Crippen LogP contribution < -0.4 is 0 Å². The number of nitro benzene ring substituents is 1. The van der Waals surface area contributed by atoms with Gasteiger partial charge in [0.1, 0.15) is 0 Å². The van der Waals surface area contributed by atoms with Crippen molar-refractivity contribution in [2.75, 3.05) is 7.11 Å². The number of nitrogens with zero attached hydrogens (tertiary/aromatic N) is 2. The van der Waals surface area contributed by atoms with Crippen molar-refractivity contribution in [3.8, 4) is 0 Å². The molecule has 0 aliphatic carbocycles. The van der Waals surface area contributed by atoms with Crippen LogP contribution in [0.1, 0.15) is 5.56 Å². The number of benzene rings is 1. The van der Waals surface area contributed by atoms with E-state index in [0.29, 0.717) is 5.56 Å². The number of non-ortho nitro benzene ring substituents is 1. The third kappa shape index (κ3) is 2.44. The van der Waals surface area contributed by atoms with Crippen LogP contribution in [0.5, 0.6) is 0 Å². The van der Waals surface area contributed by atoms with Crippen LogP contribution in [0.15, 0.2) is 24.3 Å². The molecule has 6 heteroatoms. The van der Waals surface area contributed by atoms with Gasteiger partial charge in [0, 0.05) is 29.7 Å². The number of rotatable bonds is 3. The quantitative estimate of drug-likeness (QED) is 0.313. The molecule has 0 unspecified atom stereocenters. The molecule has 0 aromatic heterocycles. The second-order valence-corrected chi connectivity index (χ2v) is 2.45. The normalized spacial score (nSPS) is 11.1. The summed E-state index contributed by atoms with van der Waals surface area (Å²) < 4.78 is 0. The van der Waals surface area contributed by atoms with Crippen molar-refractivity contribution in [2.45, 2.75) is 0 Å². The minimum atomic E-state index is -0.505. The molecule has 0 fully saturated rings. The van der Waals surface area contributed by atoms with Crippen LogP contribution in [0.4, 0.5) is 5.69 Å². The Morgan fingerprint density at radius 3 is 2.29 bits per heavy atom. The highest BCUT2D eigenvalue weighted by Crippen LogP contribution is 2.10. The van der Waals surface area contributed by atoms with E-state index in [-0.39, 0.29) is 10.6 Å². The largest absolute Gasteiger partial charge is 0.407 e. The van der Waals surface area contributed by atoms with Gasteiger partial charge in [0.15, 0.2) is 0 Å². The van der Waals surface area contributed by atoms with Crippen molar-refractivity contribution in [3.05, 3.63) is 45.2 Å². The van der Waals surface area contributed by atoms with E-state index in [0.717, 1.165) is 0 Å². The molecular formula is C8H8N2O4. The molecule has 0 saturated heterocycles. The molecule has 1 aromatic carbocycles. The first-order valence-corrected chi connectivity index (χ1v) is 3.73. The molecule has 14 heavy (non-hydrogen) atoms. The van der Waals surface area contributed by atoms with Gasteiger partial charge >= 0.3 is 0 Å². The maximum absolute atomic E-state index is 10.7. The summed E-state index contributed by atoms with van der Waals surface area (Å²) in [5.74, 6) is 0. The van der Waals surface area contributed by atoms with Crippen LogP contribution >= 0.6 is 0 Å². The third-order valence-electron chi connectivity index (χ3n) is 1.54. The van der Waals surface area contributed by atoms with Gasteiger partial charge in [-0.05, 0) is 12.1 Å². The molecular weight excluding hydrogens is 188 g/mol. The van der Waals surface area contributed by atoms with E-state index in [9.17, 15) is 15.3 Å². The summed E-state index contributed by atoms with van der Waals surface area (Å²) in [4.78, 5) is 14.4. The van der Waals surface area contributed by atoms with E-state index in [4.69, 9.17) is 0 Å². The Hall–Kier alpha value is -2.11. The second-order valence-electron chi connectivity index (χ2n) is 2.45. The molecule has 1 rings (SSSR count). The topological polar surface area (TPSA) is 78.4 Å². The minimum absolute atomic E-state index is 0.0167. The summed E-state index contributed by atoms with van der Waals surface area (Å²) in [6, 6.07) is 5.55. The maximum atomic E-state index is 10.7. The molecule has 0 saturated carbocycles. The van der Waals surface area contributed by atoms with Crippen LogP contribution in [-0.2, 0) is 4.84 Å². The zero-order valence-corrected chi connectivity index (χ0v) is 7.41. The molecule has 74 valence electrons. The molecule has 0 aliphatic heterocycles. The van der Waals surface area contributed by atoms with Gasteiger partial charge in [0.25, 0.3) is 5.69 Å². The van der Waals surface area contributed by atoms with Crippen LogP contribution in [0.2, 0.25) is 0 Å². The smallest absolute Gasteiger partial charge is 0.269 e. The fourth-order valence-corrected chi connectivity index (χ4v) is 0.857. The Kier molecular flexibility index (Phi) is 3.01. The third-order valence-corrected chi connectivity index (χ3v) is 1.54.